The van der Waals surface area contributed by atoms with Gasteiger partial charge in [0.25, 0.3) is 0 Å². The van der Waals surface area contributed by atoms with Crippen LogP contribution in [0.25, 0.3) is 0 Å². The molecule has 16 heavy (non-hydrogen) atoms. The number of halogens is 2. The first kappa shape index (κ1) is 13.4. The Balaban J connectivity index is 2.86. The molecule has 0 spiro atoms. The van der Waals surface area contributed by atoms with Gasteiger partial charge in [-0.05, 0) is 41.8 Å². The highest BCUT2D eigenvalue weighted by Gasteiger charge is 2.15. The fourth-order valence-electron chi connectivity index (χ4n) is 1.51. The number of hydrazine groups is 1. The first-order chi connectivity index (χ1) is 7.56. The molecular weight excluding hydrogens is 271 g/mol. The quantitative estimate of drug-likeness (QED) is 0.494. The van der Waals surface area contributed by atoms with E-state index in [0.717, 1.165) is 18.4 Å². The van der Waals surface area contributed by atoms with Gasteiger partial charge >= 0.3 is 0 Å². The summed E-state index contributed by atoms with van der Waals surface area (Å²) >= 11 is 3.16. The van der Waals surface area contributed by atoms with Crippen LogP contribution in [0, 0.1) is 5.82 Å². The molecule has 1 rings (SSSR count). The van der Waals surface area contributed by atoms with E-state index in [1.807, 2.05) is 6.92 Å². The van der Waals surface area contributed by atoms with Crippen LogP contribution in [0.5, 0.6) is 0 Å². The zero-order chi connectivity index (χ0) is 12.1. The van der Waals surface area contributed by atoms with Gasteiger partial charge in [-0.15, -0.1) is 6.58 Å². The molecule has 2 nitrogen and oxygen atoms in total. The van der Waals surface area contributed by atoms with Crippen molar-refractivity contribution in [1.82, 2.24) is 5.43 Å². The fraction of sp³-hybridized carbons (Fsp3) is 0.333. The molecule has 1 atom stereocenters. The molecule has 0 aliphatic rings. The largest absolute Gasteiger partial charge is 0.271 e. The molecule has 0 saturated carbocycles. The van der Waals surface area contributed by atoms with Crippen LogP contribution in [0.4, 0.5) is 4.39 Å². The van der Waals surface area contributed by atoms with Crippen LogP contribution in [-0.4, -0.2) is 0 Å². The molecule has 0 amide bonds. The van der Waals surface area contributed by atoms with E-state index in [4.69, 9.17) is 5.84 Å². The number of allylic oxidation sites excluding steroid dienone is 1. The van der Waals surface area contributed by atoms with E-state index in [2.05, 4.69) is 27.9 Å². The van der Waals surface area contributed by atoms with Gasteiger partial charge < -0.3 is 0 Å². The molecular formula is C12H16BrFN2. The third kappa shape index (κ3) is 3.40. The summed E-state index contributed by atoms with van der Waals surface area (Å²) in [6, 6.07) is 5.02. The van der Waals surface area contributed by atoms with E-state index < -0.39 is 0 Å². The molecule has 1 aromatic rings. The first-order valence-corrected chi connectivity index (χ1v) is 5.90. The number of nitrogens with two attached hydrogens (primary N) is 1. The predicted octanol–water partition coefficient (Wildman–Crippen LogP) is 3.45. The molecule has 4 heteroatoms. The maximum absolute atomic E-state index is 13.8. The minimum atomic E-state index is -0.257. The Bertz CT molecular complexity index is 379. The second-order valence-electron chi connectivity index (χ2n) is 3.86. The summed E-state index contributed by atoms with van der Waals surface area (Å²) in [5, 5.41) is 0. The third-order valence-corrected chi connectivity index (χ3v) is 3.03. The summed E-state index contributed by atoms with van der Waals surface area (Å²) in [5.41, 5.74) is 4.29. The van der Waals surface area contributed by atoms with Gasteiger partial charge in [0.05, 0.1) is 4.47 Å². The Kier molecular flexibility index (Phi) is 5.12. The molecule has 1 aromatic carbocycles. The highest BCUT2D eigenvalue weighted by Crippen LogP contribution is 2.26. The highest BCUT2D eigenvalue weighted by molar-refractivity contribution is 9.10. The van der Waals surface area contributed by atoms with Crippen molar-refractivity contribution in [2.24, 2.45) is 5.84 Å². The smallest absolute Gasteiger partial charge is 0.142 e. The molecule has 0 radical (unpaired) electrons. The van der Waals surface area contributed by atoms with Gasteiger partial charge in [0.15, 0.2) is 0 Å². The molecule has 88 valence electrons. The van der Waals surface area contributed by atoms with E-state index >= 15 is 0 Å². The van der Waals surface area contributed by atoms with Crippen molar-refractivity contribution in [1.29, 1.82) is 0 Å². The fourth-order valence-corrected chi connectivity index (χ4v) is 1.89. The zero-order valence-electron chi connectivity index (χ0n) is 9.26. The number of hydrogen-bond acceptors (Lipinski definition) is 2. The van der Waals surface area contributed by atoms with Crippen molar-refractivity contribution < 1.29 is 4.39 Å². The van der Waals surface area contributed by atoms with Crippen LogP contribution in [-0.2, 0) is 0 Å². The molecule has 1 unspecified atom stereocenters. The van der Waals surface area contributed by atoms with Gasteiger partial charge in [-0.2, -0.15) is 0 Å². The van der Waals surface area contributed by atoms with Gasteiger partial charge in [0.2, 0.25) is 0 Å². The molecule has 0 aliphatic carbocycles. The van der Waals surface area contributed by atoms with Crippen LogP contribution in [0.1, 0.15) is 31.4 Å². The van der Waals surface area contributed by atoms with Crippen molar-refractivity contribution in [3.05, 3.63) is 46.2 Å². The third-order valence-electron chi connectivity index (χ3n) is 2.42. The second kappa shape index (κ2) is 6.13. The molecule has 0 aromatic heterocycles. The van der Waals surface area contributed by atoms with Crippen LogP contribution >= 0.6 is 15.9 Å². The number of nitrogens with one attached hydrogen (secondary N) is 1. The average molecular weight is 287 g/mol. The lowest BCUT2D eigenvalue weighted by Crippen LogP contribution is -2.28. The van der Waals surface area contributed by atoms with Crippen LogP contribution < -0.4 is 11.3 Å². The lowest BCUT2D eigenvalue weighted by molar-refractivity contribution is 0.483. The Morgan fingerprint density at radius 3 is 2.88 bits per heavy atom. The Hall–Kier alpha value is -0.710. The lowest BCUT2D eigenvalue weighted by atomic mass is 10.00. The first-order valence-electron chi connectivity index (χ1n) is 5.10. The van der Waals surface area contributed by atoms with Gasteiger partial charge in [0.1, 0.15) is 5.82 Å². The normalized spacial score (nSPS) is 12.5. The van der Waals surface area contributed by atoms with Crippen molar-refractivity contribution in [2.75, 3.05) is 0 Å². The Morgan fingerprint density at radius 1 is 1.62 bits per heavy atom. The van der Waals surface area contributed by atoms with Crippen LogP contribution in [0.2, 0.25) is 0 Å². The van der Waals surface area contributed by atoms with Crippen molar-refractivity contribution in [3.63, 3.8) is 0 Å². The minimum absolute atomic E-state index is 0.186. The molecule has 0 aliphatic heterocycles. The minimum Gasteiger partial charge on any atom is -0.271 e. The molecule has 3 N–H and O–H groups in total. The Morgan fingerprint density at radius 2 is 2.31 bits per heavy atom. The number of benzene rings is 1. The molecule has 0 fully saturated rings. The second-order valence-corrected chi connectivity index (χ2v) is 4.71. The summed E-state index contributed by atoms with van der Waals surface area (Å²) < 4.78 is 14.3. The standard InChI is InChI=1S/C12H16BrFN2/c1-8(2)6-7-11(16-15)9-4-3-5-10(13)12(9)14/h3-5,11,16H,1,6-7,15H2,2H3. The summed E-state index contributed by atoms with van der Waals surface area (Å²) in [7, 11) is 0. The number of hydrogen-bond donors (Lipinski definition) is 2. The van der Waals surface area contributed by atoms with E-state index in [9.17, 15) is 4.39 Å². The molecule has 0 saturated heterocycles. The Labute approximate surface area is 104 Å². The van der Waals surface area contributed by atoms with E-state index in [0.29, 0.717) is 10.0 Å². The van der Waals surface area contributed by atoms with Gasteiger partial charge in [0, 0.05) is 11.6 Å². The predicted molar refractivity (Wildman–Crippen MR) is 68.2 cm³/mol. The van der Waals surface area contributed by atoms with Gasteiger partial charge in [-0.1, -0.05) is 17.7 Å². The number of rotatable bonds is 5. The summed E-state index contributed by atoms with van der Waals surface area (Å²) in [5.74, 6) is 5.19. The lowest BCUT2D eigenvalue weighted by Gasteiger charge is -2.17. The maximum atomic E-state index is 13.8. The van der Waals surface area contributed by atoms with Crippen molar-refractivity contribution in [2.45, 2.75) is 25.8 Å². The van der Waals surface area contributed by atoms with Gasteiger partial charge in [-0.3, -0.25) is 11.3 Å². The van der Waals surface area contributed by atoms with E-state index in [1.54, 1.807) is 18.2 Å². The topological polar surface area (TPSA) is 38.0 Å². The maximum Gasteiger partial charge on any atom is 0.142 e. The summed E-state index contributed by atoms with van der Waals surface area (Å²) in [6.07, 6.45) is 1.56. The van der Waals surface area contributed by atoms with E-state index in [-0.39, 0.29) is 11.9 Å². The highest BCUT2D eigenvalue weighted by atomic mass is 79.9. The average Bonchev–Trinajstić information content (AvgIpc) is 2.24. The van der Waals surface area contributed by atoms with Crippen molar-refractivity contribution >= 4 is 15.9 Å². The molecule has 0 bridgehead atoms. The van der Waals surface area contributed by atoms with Gasteiger partial charge in [-0.25, -0.2) is 4.39 Å². The summed E-state index contributed by atoms with van der Waals surface area (Å²) in [6.45, 7) is 5.77. The SMILES string of the molecule is C=C(C)CCC(NN)c1cccc(Br)c1F. The van der Waals surface area contributed by atoms with Crippen LogP contribution in [0.3, 0.4) is 0 Å². The van der Waals surface area contributed by atoms with Crippen LogP contribution in [0.15, 0.2) is 34.8 Å². The van der Waals surface area contributed by atoms with E-state index in [1.165, 1.54) is 0 Å². The molecule has 0 heterocycles. The summed E-state index contributed by atoms with van der Waals surface area (Å²) in [4.78, 5) is 0. The monoisotopic (exact) mass is 286 g/mol. The zero-order valence-corrected chi connectivity index (χ0v) is 10.8. The van der Waals surface area contributed by atoms with Crippen molar-refractivity contribution in [3.8, 4) is 0 Å².